The van der Waals surface area contributed by atoms with Gasteiger partial charge in [0.25, 0.3) is 0 Å². The first-order chi connectivity index (χ1) is 9.84. The second kappa shape index (κ2) is 8.55. The van der Waals surface area contributed by atoms with E-state index >= 15 is 0 Å². The molecule has 0 spiro atoms. The number of nitrogens with one attached hydrogen (secondary N) is 1. The van der Waals surface area contributed by atoms with Crippen molar-refractivity contribution >= 4 is 0 Å². The predicted molar refractivity (Wildman–Crippen MR) is 87.0 cm³/mol. The van der Waals surface area contributed by atoms with Gasteiger partial charge in [0.05, 0.1) is 0 Å². The van der Waals surface area contributed by atoms with Crippen LogP contribution in [0.3, 0.4) is 0 Å². The van der Waals surface area contributed by atoms with E-state index < -0.39 is 0 Å². The first kappa shape index (κ1) is 14.8. The fourth-order valence-electron chi connectivity index (χ4n) is 2.49. The third-order valence-corrected chi connectivity index (χ3v) is 3.61. The van der Waals surface area contributed by atoms with E-state index in [4.69, 9.17) is 0 Å². The SMILES string of the molecule is CC(Cc1ccccc1)NCCCCc1ccccc1. The van der Waals surface area contributed by atoms with Crippen LogP contribution in [0.1, 0.15) is 30.9 Å². The maximum absolute atomic E-state index is 3.62. The molecule has 0 aliphatic rings. The van der Waals surface area contributed by atoms with Gasteiger partial charge < -0.3 is 5.32 Å². The molecule has 0 aliphatic carbocycles. The number of rotatable bonds is 8. The molecule has 106 valence electrons. The third kappa shape index (κ3) is 5.58. The van der Waals surface area contributed by atoms with E-state index in [-0.39, 0.29) is 0 Å². The van der Waals surface area contributed by atoms with Crippen LogP contribution < -0.4 is 5.32 Å². The minimum atomic E-state index is 0.550. The van der Waals surface area contributed by atoms with Gasteiger partial charge in [0, 0.05) is 6.04 Å². The summed E-state index contributed by atoms with van der Waals surface area (Å²) < 4.78 is 0. The molecule has 0 amide bonds. The Bertz CT molecular complexity index is 464. The van der Waals surface area contributed by atoms with Crippen LogP contribution in [-0.2, 0) is 12.8 Å². The normalized spacial score (nSPS) is 12.2. The monoisotopic (exact) mass is 267 g/mol. The molecule has 1 unspecified atom stereocenters. The summed E-state index contributed by atoms with van der Waals surface area (Å²) in [5.74, 6) is 0. The van der Waals surface area contributed by atoms with Gasteiger partial charge in [-0.1, -0.05) is 60.7 Å². The van der Waals surface area contributed by atoms with Gasteiger partial charge in [-0.25, -0.2) is 0 Å². The van der Waals surface area contributed by atoms with Crippen LogP contribution in [0.5, 0.6) is 0 Å². The first-order valence-electron chi connectivity index (χ1n) is 7.66. The van der Waals surface area contributed by atoms with Gasteiger partial charge in [-0.2, -0.15) is 0 Å². The van der Waals surface area contributed by atoms with Crippen molar-refractivity contribution in [3.8, 4) is 0 Å². The molecule has 0 aliphatic heterocycles. The van der Waals surface area contributed by atoms with Crippen molar-refractivity contribution in [2.24, 2.45) is 0 Å². The van der Waals surface area contributed by atoms with E-state index in [0.717, 1.165) is 13.0 Å². The number of aryl methyl sites for hydroxylation is 1. The van der Waals surface area contributed by atoms with E-state index in [1.807, 2.05) is 0 Å². The van der Waals surface area contributed by atoms with E-state index in [2.05, 4.69) is 72.9 Å². The molecule has 0 saturated heterocycles. The molecule has 1 atom stereocenters. The fourth-order valence-corrected chi connectivity index (χ4v) is 2.49. The van der Waals surface area contributed by atoms with E-state index in [1.165, 1.54) is 30.4 Å². The molecule has 0 bridgehead atoms. The summed E-state index contributed by atoms with van der Waals surface area (Å²) in [5.41, 5.74) is 2.86. The van der Waals surface area contributed by atoms with Gasteiger partial charge in [-0.3, -0.25) is 0 Å². The minimum Gasteiger partial charge on any atom is -0.314 e. The lowest BCUT2D eigenvalue weighted by Gasteiger charge is -2.13. The minimum absolute atomic E-state index is 0.550. The highest BCUT2D eigenvalue weighted by Crippen LogP contribution is 2.05. The van der Waals surface area contributed by atoms with E-state index in [9.17, 15) is 0 Å². The van der Waals surface area contributed by atoms with Crippen molar-refractivity contribution in [3.63, 3.8) is 0 Å². The van der Waals surface area contributed by atoms with Gasteiger partial charge in [-0.05, 0) is 50.3 Å². The Morgan fingerprint density at radius 2 is 1.40 bits per heavy atom. The van der Waals surface area contributed by atoms with Crippen molar-refractivity contribution in [3.05, 3.63) is 71.8 Å². The molecular weight excluding hydrogens is 242 g/mol. The molecule has 2 aromatic carbocycles. The van der Waals surface area contributed by atoms with Gasteiger partial charge in [0.15, 0.2) is 0 Å². The number of hydrogen-bond acceptors (Lipinski definition) is 1. The molecule has 0 radical (unpaired) electrons. The molecular formula is C19H25N. The Morgan fingerprint density at radius 1 is 0.800 bits per heavy atom. The summed E-state index contributed by atoms with van der Waals surface area (Å²) in [5, 5.41) is 3.62. The first-order valence-corrected chi connectivity index (χ1v) is 7.66. The van der Waals surface area contributed by atoms with E-state index in [0.29, 0.717) is 6.04 Å². The second-order valence-corrected chi connectivity index (χ2v) is 5.49. The summed E-state index contributed by atoms with van der Waals surface area (Å²) in [4.78, 5) is 0. The lowest BCUT2D eigenvalue weighted by molar-refractivity contribution is 0.525. The zero-order valence-electron chi connectivity index (χ0n) is 12.4. The van der Waals surface area contributed by atoms with Crippen LogP contribution in [0.25, 0.3) is 0 Å². The van der Waals surface area contributed by atoms with Gasteiger partial charge in [0.1, 0.15) is 0 Å². The number of hydrogen-bond donors (Lipinski definition) is 1. The topological polar surface area (TPSA) is 12.0 Å². The smallest absolute Gasteiger partial charge is 0.00791 e. The van der Waals surface area contributed by atoms with Crippen molar-refractivity contribution in [1.82, 2.24) is 5.32 Å². The van der Waals surface area contributed by atoms with Crippen LogP contribution in [-0.4, -0.2) is 12.6 Å². The summed E-state index contributed by atoms with van der Waals surface area (Å²) in [7, 11) is 0. The molecule has 1 nitrogen and oxygen atoms in total. The van der Waals surface area contributed by atoms with Gasteiger partial charge in [0.2, 0.25) is 0 Å². The van der Waals surface area contributed by atoms with Crippen LogP contribution in [0, 0.1) is 0 Å². The van der Waals surface area contributed by atoms with Crippen molar-refractivity contribution in [1.29, 1.82) is 0 Å². The van der Waals surface area contributed by atoms with Crippen molar-refractivity contribution < 1.29 is 0 Å². The highest BCUT2D eigenvalue weighted by atomic mass is 14.9. The maximum Gasteiger partial charge on any atom is 0.00791 e. The molecule has 1 heteroatoms. The quantitative estimate of drug-likeness (QED) is 0.706. The molecule has 0 heterocycles. The molecule has 1 N–H and O–H groups in total. The average Bonchev–Trinajstić information content (AvgIpc) is 2.49. The maximum atomic E-state index is 3.62. The highest BCUT2D eigenvalue weighted by molar-refractivity contribution is 5.16. The zero-order valence-corrected chi connectivity index (χ0v) is 12.4. The van der Waals surface area contributed by atoms with E-state index in [1.54, 1.807) is 0 Å². The Labute approximate surface area is 123 Å². The molecule has 0 saturated carbocycles. The van der Waals surface area contributed by atoms with Crippen LogP contribution in [0.15, 0.2) is 60.7 Å². The fraction of sp³-hybridized carbons (Fsp3) is 0.368. The lowest BCUT2D eigenvalue weighted by atomic mass is 10.1. The summed E-state index contributed by atoms with van der Waals surface area (Å²) in [6.07, 6.45) is 4.80. The predicted octanol–water partition coefficient (Wildman–Crippen LogP) is 4.23. The van der Waals surface area contributed by atoms with Crippen LogP contribution in [0.2, 0.25) is 0 Å². The van der Waals surface area contributed by atoms with Crippen LogP contribution in [0.4, 0.5) is 0 Å². The molecule has 20 heavy (non-hydrogen) atoms. The van der Waals surface area contributed by atoms with Crippen LogP contribution >= 0.6 is 0 Å². The third-order valence-electron chi connectivity index (χ3n) is 3.61. The summed E-state index contributed by atoms with van der Waals surface area (Å²) in [6, 6.07) is 22.0. The average molecular weight is 267 g/mol. The number of benzene rings is 2. The second-order valence-electron chi connectivity index (χ2n) is 5.49. The van der Waals surface area contributed by atoms with Crippen molar-refractivity contribution in [2.75, 3.05) is 6.54 Å². The molecule has 2 rings (SSSR count). The van der Waals surface area contributed by atoms with Crippen molar-refractivity contribution in [2.45, 2.75) is 38.6 Å². The Hall–Kier alpha value is -1.60. The summed E-state index contributed by atoms with van der Waals surface area (Å²) >= 11 is 0. The Kier molecular flexibility index (Phi) is 6.33. The highest BCUT2D eigenvalue weighted by Gasteiger charge is 2.02. The molecule has 2 aromatic rings. The molecule has 0 aromatic heterocycles. The largest absolute Gasteiger partial charge is 0.314 e. The Morgan fingerprint density at radius 3 is 2.05 bits per heavy atom. The molecule has 0 fully saturated rings. The Balaban J connectivity index is 1.57. The lowest BCUT2D eigenvalue weighted by Crippen LogP contribution is -2.29. The van der Waals surface area contributed by atoms with Gasteiger partial charge in [-0.15, -0.1) is 0 Å². The number of unbranched alkanes of at least 4 members (excludes halogenated alkanes) is 1. The summed E-state index contributed by atoms with van der Waals surface area (Å²) in [6.45, 7) is 3.38. The standard InChI is InChI=1S/C19H25N/c1-17(16-19-13-6-3-7-14-19)20-15-9-8-12-18-10-4-2-5-11-18/h2-7,10-11,13-14,17,20H,8-9,12,15-16H2,1H3. The van der Waals surface area contributed by atoms with Gasteiger partial charge >= 0.3 is 0 Å². The zero-order chi connectivity index (χ0) is 14.0.